The molecule has 1 aliphatic rings. The van der Waals surface area contributed by atoms with Crippen LogP contribution >= 0.6 is 0 Å². The van der Waals surface area contributed by atoms with Crippen molar-refractivity contribution in [1.82, 2.24) is 20.1 Å². The molecule has 0 aliphatic heterocycles. The summed E-state index contributed by atoms with van der Waals surface area (Å²) in [6.07, 6.45) is 8.68. The molecule has 2 unspecified atom stereocenters. The number of aliphatic hydroxyl groups is 1. The summed E-state index contributed by atoms with van der Waals surface area (Å²) < 4.78 is 1.93. The predicted octanol–water partition coefficient (Wildman–Crippen LogP) is 3.18. The van der Waals surface area contributed by atoms with Crippen LogP contribution in [0.1, 0.15) is 24.8 Å². The molecule has 1 fully saturated rings. The Morgan fingerprint density at radius 3 is 2.62 bits per heavy atom. The van der Waals surface area contributed by atoms with Crippen molar-refractivity contribution in [3.63, 3.8) is 0 Å². The van der Waals surface area contributed by atoms with Gasteiger partial charge in [-0.2, -0.15) is 5.10 Å². The molecule has 2 N–H and O–H groups in total. The average Bonchev–Trinajstić information content (AvgIpc) is 3.30. The van der Waals surface area contributed by atoms with Crippen molar-refractivity contribution in [2.75, 3.05) is 6.54 Å². The lowest BCUT2D eigenvalue weighted by atomic mass is 10.1. The average molecular weight is 348 g/mol. The number of benzene rings is 1. The molecule has 1 aromatic carbocycles. The van der Waals surface area contributed by atoms with Crippen LogP contribution in [-0.4, -0.2) is 32.5 Å². The number of hydrogen-bond donors (Lipinski definition) is 2. The Kier molecular flexibility index (Phi) is 5.09. The van der Waals surface area contributed by atoms with E-state index in [0.717, 1.165) is 54.9 Å². The lowest BCUT2D eigenvalue weighted by Gasteiger charge is -2.15. The van der Waals surface area contributed by atoms with Crippen LogP contribution in [0.5, 0.6) is 0 Å². The fourth-order valence-corrected chi connectivity index (χ4v) is 3.65. The first-order valence-corrected chi connectivity index (χ1v) is 9.24. The minimum absolute atomic E-state index is 0.158. The van der Waals surface area contributed by atoms with Crippen LogP contribution in [0, 0.1) is 5.92 Å². The zero-order valence-electron chi connectivity index (χ0n) is 14.8. The predicted molar refractivity (Wildman–Crippen MR) is 102 cm³/mol. The van der Waals surface area contributed by atoms with E-state index < -0.39 is 0 Å². The number of aromatic nitrogens is 3. The number of nitrogens with one attached hydrogen (secondary N) is 1. The van der Waals surface area contributed by atoms with Crippen molar-refractivity contribution in [3.05, 3.63) is 66.6 Å². The number of pyridine rings is 1. The van der Waals surface area contributed by atoms with Gasteiger partial charge in [-0.3, -0.25) is 4.98 Å². The molecule has 5 heteroatoms. The summed E-state index contributed by atoms with van der Waals surface area (Å²) in [5.41, 5.74) is 4.22. The molecule has 134 valence electrons. The van der Waals surface area contributed by atoms with Crippen LogP contribution in [0.4, 0.5) is 0 Å². The zero-order valence-corrected chi connectivity index (χ0v) is 14.8. The largest absolute Gasteiger partial charge is 0.393 e. The lowest BCUT2D eigenvalue weighted by Crippen LogP contribution is -2.27. The van der Waals surface area contributed by atoms with Crippen LogP contribution in [-0.2, 0) is 6.54 Å². The number of hydrogen-bond acceptors (Lipinski definition) is 4. The van der Waals surface area contributed by atoms with Gasteiger partial charge in [0.25, 0.3) is 0 Å². The summed E-state index contributed by atoms with van der Waals surface area (Å²) >= 11 is 0. The molecule has 2 heterocycles. The van der Waals surface area contributed by atoms with Gasteiger partial charge in [0.1, 0.15) is 0 Å². The quantitative estimate of drug-likeness (QED) is 0.718. The van der Waals surface area contributed by atoms with Gasteiger partial charge in [0.05, 0.1) is 17.5 Å². The molecule has 0 radical (unpaired) electrons. The van der Waals surface area contributed by atoms with Crippen LogP contribution in [0.25, 0.3) is 16.9 Å². The molecular weight excluding hydrogens is 324 g/mol. The molecule has 1 saturated carbocycles. The SMILES string of the molecule is OC1CCCC1CNCc1cn(-c2ccccc2)nc1-c1ccncc1. The highest BCUT2D eigenvalue weighted by atomic mass is 16.3. The summed E-state index contributed by atoms with van der Waals surface area (Å²) in [6.45, 7) is 1.57. The molecule has 0 amide bonds. The van der Waals surface area contributed by atoms with E-state index in [2.05, 4.69) is 28.6 Å². The van der Waals surface area contributed by atoms with Gasteiger partial charge in [-0.05, 0) is 43.0 Å². The third-order valence-corrected chi connectivity index (χ3v) is 5.11. The van der Waals surface area contributed by atoms with Crippen LogP contribution in [0.15, 0.2) is 61.1 Å². The highest BCUT2D eigenvalue weighted by Crippen LogP contribution is 2.26. The van der Waals surface area contributed by atoms with Crippen LogP contribution in [0.2, 0.25) is 0 Å². The first-order chi connectivity index (χ1) is 12.8. The van der Waals surface area contributed by atoms with E-state index in [-0.39, 0.29) is 6.10 Å². The van der Waals surface area contributed by atoms with E-state index in [4.69, 9.17) is 5.10 Å². The fraction of sp³-hybridized carbons (Fsp3) is 0.333. The second-order valence-electron chi connectivity index (χ2n) is 6.91. The summed E-state index contributed by atoms with van der Waals surface area (Å²) in [5, 5.41) is 18.3. The minimum Gasteiger partial charge on any atom is -0.393 e. The van der Waals surface area contributed by atoms with E-state index in [1.807, 2.05) is 35.0 Å². The second kappa shape index (κ2) is 7.81. The van der Waals surface area contributed by atoms with E-state index in [9.17, 15) is 5.11 Å². The standard InChI is InChI=1S/C21H24N4O/c26-20-8-4-5-17(20)13-23-14-18-15-25(19-6-2-1-3-7-19)24-21(18)16-9-11-22-12-10-16/h1-3,6-7,9-12,15,17,20,23,26H,4-5,8,13-14H2. The van der Waals surface area contributed by atoms with Crippen molar-refractivity contribution in [1.29, 1.82) is 0 Å². The Hall–Kier alpha value is -2.50. The monoisotopic (exact) mass is 348 g/mol. The van der Waals surface area contributed by atoms with Crippen LogP contribution in [0.3, 0.4) is 0 Å². The number of para-hydroxylation sites is 1. The molecule has 26 heavy (non-hydrogen) atoms. The molecule has 3 aromatic rings. The van der Waals surface area contributed by atoms with Gasteiger partial charge >= 0.3 is 0 Å². The minimum atomic E-state index is -0.158. The Morgan fingerprint density at radius 2 is 1.88 bits per heavy atom. The van der Waals surface area contributed by atoms with E-state index in [0.29, 0.717) is 5.92 Å². The molecule has 1 aliphatic carbocycles. The second-order valence-corrected chi connectivity index (χ2v) is 6.91. The lowest BCUT2D eigenvalue weighted by molar-refractivity contribution is 0.131. The highest BCUT2D eigenvalue weighted by molar-refractivity contribution is 5.62. The topological polar surface area (TPSA) is 63.0 Å². The Labute approximate surface area is 153 Å². The van der Waals surface area contributed by atoms with Crippen molar-refractivity contribution >= 4 is 0 Å². The van der Waals surface area contributed by atoms with Gasteiger partial charge in [-0.25, -0.2) is 4.68 Å². The smallest absolute Gasteiger partial charge is 0.0973 e. The first-order valence-electron chi connectivity index (χ1n) is 9.24. The van der Waals surface area contributed by atoms with Gasteiger partial charge in [-0.1, -0.05) is 24.6 Å². The molecule has 0 spiro atoms. The Balaban J connectivity index is 1.56. The molecule has 0 bridgehead atoms. The molecule has 2 atom stereocenters. The van der Waals surface area contributed by atoms with Crippen molar-refractivity contribution in [2.24, 2.45) is 5.92 Å². The maximum absolute atomic E-state index is 10.0. The third kappa shape index (κ3) is 3.69. The van der Waals surface area contributed by atoms with Crippen LogP contribution < -0.4 is 5.32 Å². The van der Waals surface area contributed by atoms with E-state index in [1.54, 1.807) is 12.4 Å². The van der Waals surface area contributed by atoms with Gasteiger partial charge < -0.3 is 10.4 Å². The molecule has 5 nitrogen and oxygen atoms in total. The van der Waals surface area contributed by atoms with E-state index >= 15 is 0 Å². The fourth-order valence-electron chi connectivity index (χ4n) is 3.65. The summed E-state index contributed by atoms with van der Waals surface area (Å²) in [6, 6.07) is 14.1. The number of nitrogens with zero attached hydrogens (tertiary/aromatic N) is 3. The normalized spacial score (nSPS) is 19.7. The van der Waals surface area contributed by atoms with Crippen molar-refractivity contribution < 1.29 is 5.11 Å². The maximum Gasteiger partial charge on any atom is 0.0973 e. The van der Waals surface area contributed by atoms with Gasteiger partial charge in [0, 0.05) is 42.8 Å². The van der Waals surface area contributed by atoms with Gasteiger partial charge in [0.2, 0.25) is 0 Å². The van der Waals surface area contributed by atoms with Gasteiger partial charge in [-0.15, -0.1) is 0 Å². The number of rotatable bonds is 6. The maximum atomic E-state index is 10.0. The molecular formula is C21H24N4O. The van der Waals surface area contributed by atoms with Gasteiger partial charge in [0.15, 0.2) is 0 Å². The Bertz CT molecular complexity index is 832. The first kappa shape index (κ1) is 16.9. The summed E-state index contributed by atoms with van der Waals surface area (Å²) in [4.78, 5) is 4.11. The summed E-state index contributed by atoms with van der Waals surface area (Å²) in [7, 11) is 0. The Morgan fingerprint density at radius 1 is 1.08 bits per heavy atom. The highest BCUT2D eigenvalue weighted by Gasteiger charge is 2.24. The number of aliphatic hydroxyl groups excluding tert-OH is 1. The van der Waals surface area contributed by atoms with Crippen molar-refractivity contribution in [2.45, 2.75) is 31.9 Å². The molecule has 4 rings (SSSR count). The molecule has 2 aromatic heterocycles. The van der Waals surface area contributed by atoms with Crippen molar-refractivity contribution in [3.8, 4) is 16.9 Å². The zero-order chi connectivity index (χ0) is 17.8. The summed E-state index contributed by atoms with van der Waals surface area (Å²) in [5.74, 6) is 0.364. The third-order valence-electron chi connectivity index (χ3n) is 5.11. The van der Waals surface area contributed by atoms with E-state index in [1.165, 1.54) is 0 Å². The molecule has 0 saturated heterocycles.